The van der Waals surface area contributed by atoms with Gasteiger partial charge in [0.25, 0.3) is 0 Å². The third-order valence-corrected chi connectivity index (χ3v) is 3.97. The van der Waals surface area contributed by atoms with E-state index in [4.69, 9.17) is 11.5 Å². The Morgan fingerprint density at radius 3 is 2.62 bits per heavy atom. The third-order valence-electron chi connectivity index (χ3n) is 3.97. The van der Waals surface area contributed by atoms with Crippen molar-refractivity contribution in [2.45, 2.75) is 44.6 Å². The monoisotopic (exact) mass is 182 g/mol. The molecular weight excluding hydrogens is 160 g/mol. The molecule has 4 atom stereocenters. The lowest BCUT2D eigenvalue weighted by molar-refractivity contribution is 0.358. The molecule has 0 spiro atoms. The van der Waals surface area contributed by atoms with Crippen LogP contribution >= 0.6 is 0 Å². The third kappa shape index (κ3) is 2.05. The maximum absolute atomic E-state index is 6.23. The molecule has 0 saturated heterocycles. The predicted octanol–water partition coefficient (Wildman–Crippen LogP) is 1.49. The molecule has 76 valence electrons. The molecule has 0 radical (unpaired) electrons. The van der Waals surface area contributed by atoms with Gasteiger partial charge in [-0.3, -0.25) is 0 Å². The summed E-state index contributed by atoms with van der Waals surface area (Å²) in [5.41, 5.74) is 12.0. The Hall–Kier alpha value is -0.0800. The highest BCUT2D eigenvalue weighted by atomic mass is 14.7. The molecule has 0 bridgehead atoms. The largest absolute Gasteiger partial charge is 0.330 e. The fourth-order valence-electron chi connectivity index (χ4n) is 2.88. The van der Waals surface area contributed by atoms with Crippen LogP contribution in [0.5, 0.6) is 0 Å². The second kappa shape index (κ2) is 3.97. The van der Waals surface area contributed by atoms with Crippen LogP contribution in [0.3, 0.4) is 0 Å². The van der Waals surface area contributed by atoms with Crippen LogP contribution in [0.2, 0.25) is 0 Å². The van der Waals surface area contributed by atoms with E-state index in [0.717, 1.165) is 18.4 Å². The molecule has 2 saturated carbocycles. The molecular formula is C11H22N2. The molecule has 0 aromatic heterocycles. The van der Waals surface area contributed by atoms with E-state index in [0.29, 0.717) is 12.0 Å². The molecule has 0 aliphatic heterocycles. The normalized spacial score (nSPS) is 45.7. The topological polar surface area (TPSA) is 52.0 Å². The number of nitrogens with two attached hydrogens (primary N) is 2. The summed E-state index contributed by atoms with van der Waals surface area (Å²) in [6.07, 6.45) is 8.24. The van der Waals surface area contributed by atoms with Gasteiger partial charge in [0.05, 0.1) is 0 Å². The van der Waals surface area contributed by atoms with Gasteiger partial charge >= 0.3 is 0 Å². The fourth-order valence-corrected chi connectivity index (χ4v) is 2.88. The molecule has 0 aromatic rings. The van der Waals surface area contributed by atoms with Crippen LogP contribution in [0.1, 0.15) is 38.5 Å². The van der Waals surface area contributed by atoms with Crippen LogP contribution in [-0.2, 0) is 0 Å². The molecule has 0 heterocycles. The number of hydrogen-bond acceptors (Lipinski definition) is 2. The molecule has 0 aromatic carbocycles. The van der Waals surface area contributed by atoms with Gasteiger partial charge in [-0.2, -0.15) is 0 Å². The van der Waals surface area contributed by atoms with Gasteiger partial charge in [0, 0.05) is 6.04 Å². The Labute approximate surface area is 81.1 Å². The standard InChI is InChI=1S/C11H22N2/c12-7-9-5-3-1-2-4-8-6-10(8)11(9)13/h8-11H,1-7,12-13H2. The van der Waals surface area contributed by atoms with Crippen LogP contribution in [-0.4, -0.2) is 12.6 Å². The zero-order valence-corrected chi connectivity index (χ0v) is 8.41. The van der Waals surface area contributed by atoms with Gasteiger partial charge in [0.15, 0.2) is 0 Å². The summed E-state index contributed by atoms with van der Waals surface area (Å²) in [5, 5.41) is 0. The molecule has 2 aliphatic rings. The van der Waals surface area contributed by atoms with E-state index in [-0.39, 0.29) is 0 Å². The van der Waals surface area contributed by atoms with E-state index in [1.54, 1.807) is 0 Å². The molecule has 0 amide bonds. The number of hydrogen-bond donors (Lipinski definition) is 2. The maximum atomic E-state index is 6.23. The van der Waals surface area contributed by atoms with Crippen molar-refractivity contribution in [3.05, 3.63) is 0 Å². The lowest BCUT2D eigenvalue weighted by atomic mass is 9.91. The van der Waals surface area contributed by atoms with Gasteiger partial charge in [0.2, 0.25) is 0 Å². The van der Waals surface area contributed by atoms with Crippen molar-refractivity contribution in [1.29, 1.82) is 0 Å². The smallest absolute Gasteiger partial charge is 0.0110 e. The van der Waals surface area contributed by atoms with Crippen LogP contribution < -0.4 is 11.5 Å². The van der Waals surface area contributed by atoms with E-state index in [1.165, 1.54) is 38.5 Å². The zero-order valence-electron chi connectivity index (χ0n) is 8.41. The van der Waals surface area contributed by atoms with Gasteiger partial charge in [-0.05, 0) is 37.1 Å². The Morgan fingerprint density at radius 1 is 1.08 bits per heavy atom. The Kier molecular flexibility index (Phi) is 2.89. The zero-order chi connectivity index (χ0) is 9.26. The maximum Gasteiger partial charge on any atom is 0.0110 e. The van der Waals surface area contributed by atoms with Crippen LogP contribution in [0, 0.1) is 17.8 Å². The summed E-state index contributed by atoms with van der Waals surface area (Å²) in [6, 6.07) is 0.410. The summed E-state index contributed by atoms with van der Waals surface area (Å²) in [6.45, 7) is 0.796. The van der Waals surface area contributed by atoms with Crippen molar-refractivity contribution < 1.29 is 0 Å². The fraction of sp³-hybridized carbons (Fsp3) is 1.00. The van der Waals surface area contributed by atoms with Crippen molar-refractivity contribution in [3.8, 4) is 0 Å². The van der Waals surface area contributed by atoms with Gasteiger partial charge < -0.3 is 11.5 Å². The first-order valence-electron chi connectivity index (χ1n) is 5.78. The van der Waals surface area contributed by atoms with E-state index >= 15 is 0 Å². The Bertz CT molecular complexity index is 169. The summed E-state index contributed by atoms with van der Waals surface area (Å²) >= 11 is 0. The van der Waals surface area contributed by atoms with Gasteiger partial charge in [-0.25, -0.2) is 0 Å². The minimum Gasteiger partial charge on any atom is -0.330 e. The summed E-state index contributed by atoms with van der Waals surface area (Å²) in [4.78, 5) is 0. The van der Waals surface area contributed by atoms with Crippen molar-refractivity contribution >= 4 is 0 Å². The lowest BCUT2D eigenvalue weighted by Gasteiger charge is -2.21. The van der Waals surface area contributed by atoms with Crippen molar-refractivity contribution in [2.24, 2.45) is 29.2 Å². The SMILES string of the molecule is NCC1CCCCCC2CC2C1N. The van der Waals surface area contributed by atoms with Gasteiger partial charge in [-0.15, -0.1) is 0 Å². The Morgan fingerprint density at radius 2 is 1.85 bits per heavy atom. The summed E-state index contributed by atoms with van der Waals surface area (Å²) in [7, 11) is 0. The highest BCUT2D eigenvalue weighted by molar-refractivity contribution is 4.96. The molecule has 4 unspecified atom stereocenters. The molecule has 2 nitrogen and oxygen atoms in total. The van der Waals surface area contributed by atoms with E-state index in [2.05, 4.69) is 0 Å². The molecule has 2 heteroatoms. The summed E-state index contributed by atoms with van der Waals surface area (Å²) in [5.74, 6) is 2.39. The van der Waals surface area contributed by atoms with Crippen LogP contribution in [0.4, 0.5) is 0 Å². The molecule has 2 aliphatic carbocycles. The van der Waals surface area contributed by atoms with Gasteiger partial charge in [0.1, 0.15) is 0 Å². The van der Waals surface area contributed by atoms with E-state index in [1.807, 2.05) is 0 Å². The van der Waals surface area contributed by atoms with Crippen molar-refractivity contribution in [3.63, 3.8) is 0 Å². The molecule has 2 rings (SSSR count). The Balaban J connectivity index is 1.94. The first-order valence-corrected chi connectivity index (χ1v) is 5.78. The number of fused-ring (bicyclic) bond motifs is 1. The van der Waals surface area contributed by atoms with Crippen LogP contribution in [0.25, 0.3) is 0 Å². The highest BCUT2D eigenvalue weighted by Gasteiger charge is 2.43. The second-order valence-electron chi connectivity index (χ2n) is 4.87. The molecule has 4 N–H and O–H groups in total. The average molecular weight is 182 g/mol. The van der Waals surface area contributed by atoms with Crippen LogP contribution in [0.15, 0.2) is 0 Å². The first kappa shape index (κ1) is 9.47. The minimum absolute atomic E-state index is 0.410. The van der Waals surface area contributed by atoms with Crippen molar-refractivity contribution in [2.75, 3.05) is 6.54 Å². The first-order chi connectivity index (χ1) is 6.33. The number of rotatable bonds is 1. The summed E-state index contributed by atoms with van der Waals surface area (Å²) < 4.78 is 0. The van der Waals surface area contributed by atoms with Gasteiger partial charge in [-0.1, -0.05) is 25.7 Å². The lowest BCUT2D eigenvalue weighted by Crippen LogP contribution is -2.37. The van der Waals surface area contributed by atoms with Crippen molar-refractivity contribution in [1.82, 2.24) is 0 Å². The van der Waals surface area contributed by atoms with E-state index in [9.17, 15) is 0 Å². The second-order valence-corrected chi connectivity index (χ2v) is 4.87. The average Bonchev–Trinajstić information content (AvgIpc) is 2.89. The highest BCUT2D eigenvalue weighted by Crippen LogP contribution is 2.47. The molecule has 2 fully saturated rings. The molecule has 13 heavy (non-hydrogen) atoms. The quantitative estimate of drug-likeness (QED) is 0.645. The predicted molar refractivity (Wildman–Crippen MR) is 55.2 cm³/mol. The van der Waals surface area contributed by atoms with E-state index < -0.39 is 0 Å². The minimum atomic E-state index is 0.410.